The van der Waals surface area contributed by atoms with Crippen molar-refractivity contribution in [3.05, 3.63) is 0 Å². The highest BCUT2D eigenvalue weighted by Gasteiger charge is 2.53. The van der Waals surface area contributed by atoms with Crippen LogP contribution in [-0.2, 0) is 14.3 Å². The molecular weight excluding hydrogens is 318 g/mol. The van der Waals surface area contributed by atoms with Crippen LogP contribution in [0.3, 0.4) is 0 Å². The fraction of sp³-hybridized carbons (Fsp3) is 0.900. The molecule has 0 aromatic heterocycles. The van der Waals surface area contributed by atoms with Crippen LogP contribution >= 0.6 is 0 Å². The summed E-state index contributed by atoms with van der Waals surface area (Å²) in [4.78, 5) is 27.0. The monoisotopic (exact) mass is 353 g/mol. The number of aliphatic hydroxyl groups is 1. The number of aldehydes is 1. The molecule has 1 saturated carbocycles. The summed E-state index contributed by atoms with van der Waals surface area (Å²) in [7, 11) is 0. The van der Waals surface area contributed by atoms with Crippen molar-refractivity contribution >= 4 is 12.3 Å². The van der Waals surface area contributed by atoms with Gasteiger partial charge in [0.1, 0.15) is 17.9 Å². The van der Waals surface area contributed by atoms with Crippen LogP contribution < -0.4 is 0 Å². The van der Waals surface area contributed by atoms with Gasteiger partial charge in [-0.3, -0.25) is 9.69 Å². The highest BCUT2D eigenvalue weighted by Crippen LogP contribution is 2.49. The number of likely N-dealkylation sites (tertiary alicyclic amines) is 1. The molecule has 2 aliphatic rings. The second-order valence-corrected chi connectivity index (χ2v) is 9.41. The number of rotatable bonds is 5. The molecule has 2 rings (SSSR count). The van der Waals surface area contributed by atoms with E-state index in [9.17, 15) is 14.7 Å². The summed E-state index contributed by atoms with van der Waals surface area (Å²) in [6.45, 7) is 10.5. The molecule has 1 saturated heterocycles. The average Bonchev–Trinajstić information content (AvgIpc) is 2.87. The van der Waals surface area contributed by atoms with Gasteiger partial charge in [-0.1, -0.05) is 20.3 Å². The number of hydrogen-bond acceptors (Lipinski definition) is 5. The lowest BCUT2D eigenvalue weighted by atomic mass is 9.65. The highest BCUT2D eigenvalue weighted by atomic mass is 16.6. The summed E-state index contributed by atoms with van der Waals surface area (Å²) in [5, 5.41) is 9.84. The number of hydrogen-bond donors (Lipinski definition) is 1. The van der Waals surface area contributed by atoms with Crippen LogP contribution in [0.1, 0.15) is 73.1 Å². The molecule has 0 bridgehead atoms. The Hall–Kier alpha value is -0.940. The summed E-state index contributed by atoms with van der Waals surface area (Å²) < 4.78 is 5.71. The molecule has 0 radical (unpaired) electrons. The Bertz CT molecular complexity index is 498. The summed E-state index contributed by atoms with van der Waals surface area (Å²) in [6, 6.07) is -0.303. The zero-order chi connectivity index (χ0) is 18.9. The second kappa shape index (κ2) is 7.36. The van der Waals surface area contributed by atoms with E-state index >= 15 is 0 Å². The normalized spacial score (nSPS) is 32.1. The minimum absolute atomic E-state index is 0.106. The maximum Gasteiger partial charge on any atom is 0.324 e. The molecule has 144 valence electrons. The number of aliphatic hydroxyl groups excluding tert-OH is 1. The molecule has 1 aliphatic carbocycles. The van der Waals surface area contributed by atoms with Crippen LogP contribution in [0.15, 0.2) is 0 Å². The van der Waals surface area contributed by atoms with Crippen molar-refractivity contribution in [3.63, 3.8) is 0 Å². The van der Waals surface area contributed by atoms with Gasteiger partial charge in [0.05, 0.1) is 12.0 Å². The van der Waals surface area contributed by atoms with Gasteiger partial charge >= 0.3 is 5.97 Å². The molecule has 0 aromatic rings. The van der Waals surface area contributed by atoms with Crippen LogP contribution in [0.5, 0.6) is 0 Å². The first kappa shape index (κ1) is 20.4. The highest BCUT2D eigenvalue weighted by molar-refractivity contribution is 5.77. The Kier molecular flexibility index (Phi) is 5.99. The molecule has 0 amide bonds. The molecule has 1 aliphatic heterocycles. The van der Waals surface area contributed by atoms with Gasteiger partial charge in [-0.05, 0) is 65.3 Å². The van der Waals surface area contributed by atoms with Crippen molar-refractivity contribution in [2.75, 3.05) is 13.2 Å². The number of nitrogens with zero attached hydrogens (tertiary/aromatic N) is 1. The zero-order valence-corrected chi connectivity index (χ0v) is 16.5. The Morgan fingerprint density at radius 2 is 1.88 bits per heavy atom. The Labute approximate surface area is 152 Å². The molecule has 2 unspecified atom stereocenters. The van der Waals surface area contributed by atoms with E-state index in [1.807, 2.05) is 20.8 Å². The topological polar surface area (TPSA) is 66.8 Å². The predicted octanol–water partition coefficient (Wildman–Crippen LogP) is 2.94. The third-order valence-corrected chi connectivity index (χ3v) is 5.83. The van der Waals surface area contributed by atoms with Crippen LogP contribution in [0.2, 0.25) is 0 Å². The molecule has 5 nitrogen and oxygen atoms in total. The summed E-state index contributed by atoms with van der Waals surface area (Å²) >= 11 is 0. The van der Waals surface area contributed by atoms with Gasteiger partial charge in [-0.25, -0.2) is 0 Å². The minimum Gasteiger partial charge on any atom is -0.459 e. The Morgan fingerprint density at radius 1 is 1.24 bits per heavy atom. The lowest BCUT2D eigenvalue weighted by Gasteiger charge is -2.50. The van der Waals surface area contributed by atoms with E-state index in [0.717, 1.165) is 44.9 Å². The zero-order valence-electron chi connectivity index (χ0n) is 16.5. The Morgan fingerprint density at radius 3 is 2.40 bits per heavy atom. The van der Waals surface area contributed by atoms with E-state index in [1.54, 1.807) is 0 Å². The molecule has 2 fully saturated rings. The van der Waals surface area contributed by atoms with Crippen LogP contribution in [0, 0.1) is 11.3 Å². The van der Waals surface area contributed by atoms with Crippen molar-refractivity contribution in [3.8, 4) is 0 Å². The third-order valence-electron chi connectivity index (χ3n) is 5.83. The first-order valence-electron chi connectivity index (χ1n) is 9.65. The van der Waals surface area contributed by atoms with Crippen molar-refractivity contribution in [2.45, 2.75) is 90.3 Å². The predicted molar refractivity (Wildman–Crippen MR) is 97.2 cm³/mol. The van der Waals surface area contributed by atoms with E-state index in [-0.39, 0.29) is 30.1 Å². The first-order chi connectivity index (χ1) is 11.6. The SMILES string of the molecule is CC(C)[C@@H](C(=O)OC(C)(C)C)N1CCCC12CCCC(C=O)(CO)C2. The van der Waals surface area contributed by atoms with Gasteiger partial charge in [-0.2, -0.15) is 0 Å². The molecular formula is C20H35NO4. The van der Waals surface area contributed by atoms with E-state index in [0.29, 0.717) is 6.42 Å². The number of carbonyl (C=O) groups is 2. The van der Waals surface area contributed by atoms with Gasteiger partial charge in [0.15, 0.2) is 0 Å². The average molecular weight is 354 g/mol. The van der Waals surface area contributed by atoms with Crippen molar-refractivity contribution in [2.24, 2.45) is 11.3 Å². The fourth-order valence-corrected chi connectivity index (χ4v) is 4.85. The van der Waals surface area contributed by atoms with E-state index in [2.05, 4.69) is 18.7 Å². The molecule has 3 atom stereocenters. The van der Waals surface area contributed by atoms with Crippen molar-refractivity contribution < 1.29 is 19.4 Å². The van der Waals surface area contributed by atoms with Gasteiger partial charge in [0.25, 0.3) is 0 Å². The summed E-state index contributed by atoms with van der Waals surface area (Å²) in [5.74, 6) is -0.0402. The van der Waals surface area contributed by atoms with Gasteiger partial charge < -0.3 is 14.6 Å². The van der Waals surface area contributed by atoms with E-state index in [4.69, 9.17) is 4.74 Å². The molecule has 5 heteroatoms. The lowest BCUT2D eigenvalue weighted by molar-refractivity contribution is -0.167. The van der Waals surface area contributed by atoms with Crippen molar-refractivity contribution in [1.82, 2.24) is 4.90 Å². The van der Waals surface area contributed by atoms with Crippen LogP contribution in [-0.4, -0.2) is 52.6 Å². The smallest absolute Gasteiger partial charge is 0.324 e. The van der Waals surface area contributed by atoms with E-state index in [1.165, 1.54) is 0 Å². The minimum atomic E-state index is -0.656. The fourth-order valence-electron chi connectivity index (χ4n) is 4.85. The number of ether oxygens (including phenoxy) is 1. The maximum atomic E-state index is 12.9. The van der Waals surface area contributed by atoms with Crippen LogP contribution in [0.25, 0.3) is 0 Å². The third kappa shape index (κ3) is 4.25. The van der Waals surface area contributed by atoms with Gasteiger partial charge in [0, 0.05) is 5.54 Å². The summed E-state index contributed by atoms with van der Waals surface area (Å²) in [5.41, 5.74) is -1.34. The van der Waals surface area contributed by atoms with Crippen LogP contribution in [0.4, 0.5) is 0 Å². The molecule has 0 aromatic carbocycles. The molecule has 1 N–H and O–H groups in total. The largest absolute Gasteiger partial charge is 0.459 e. The van der Waals surface area contributed by atoms with Gasteiger partial charge in [-0.15, -0.1) is 0 Å². The van der Waals surface area contributed by atoms with Gasteiger partial charge in [0.2, 0.25) is 0 Å². The molecule has 25 heavy (non-hydrogen) atoms. The standard InChI is InChI=1S/C20H35NO4/c1-15(2)16(17(24)25-18(3,4)5)21-11-7-10-20(21)9-6-8-19(12-20,13-22)14-23/h13,15-16,23H,6-12,14H2,1-5H3/t16-,19?,20?/m0/s1. The quantitative estimate of drug-likeness (QED) is 0.608. The van der Waals surface area contributed by atoms with Crippen molar-refractivity contribution in [1.29, 1.82) is 0 Å². The number of esters is 1. The summed E-state index contributed by atoms with van der Waals surface area (Å²) in [6.07, 6.45) is 6.22. The first-order valence-corrected chi connectivity index (χ1v) is 9.65. The Balaban J connectivity index is 2.31. The molecule has 1 spiro atoms. The maximum absolute atomic E-state index is 12.9. The van der Waals surface area contributed by atoms with E-state index < -0.39 is 11.0 Å². The number of carbonyl (C=O) groups excluding carboxylic acids is 2. The molecule has 1 heterocycles. The second-order valence-electron chi connectivity index (χ2n) is 9.41. The lowest BCUT2D eigenvalue weighted by Crippen LogP contribution is -2.59.